The van der Waals surface area contributed by atoms with E-state index in [1.54, 1.807) is 25.4 Å². The smallest absolute Gasteiger partial charge is 0.241 e. The van der Waals surface area contributed by atoms with Crippen LogP contribution in [0, 0.1) is 0 Å². The lowest BCUT2D eigenvalue weighted by atomic mass is 10.1. The standard InChI is InChI=1S/C15H22N2O4S/c1-10(12-7-8-16-9-13(12)21-4)17-14(18)15(2,3)22(19,20)11-5-6-11/h7-11H,5-6H2,1-4H3,(H,17,18). The van der Waals surface area contributed by atoms with Gasteiger partial charge < -0.3 is 10.1 Å². The summed E-state index contributed by atoms with van der Waals surface area (Å²) in [6.45, 7) is 4.72. The van der Waals surface area contributed by atoms with Gasteiger partial charge >= 0.3 is 0 Å². The van der Waals surface area contributed by atoms with Crippen LogP contribution in [0.4, 0.5) is 0 Å². The molecule has 0 radical (unpaired) electrons. The lowest BCUT2D eigenvalue weighted by molar-refractivity contribution is -0.123. The van der Waals surface area contributed by atoms with Crippen molar-refractivity contribution in [1.29, 1.82) is 0 Å². The zero-order chi connectivity index (χ0) is 16.5. The normalized spacial score (nSPS) is 16.9. The first-order valence-corrected chi connectivity index (χ1v) is 8.78. The number of amides is 1. The number of nitrogens with zero attached hydrogens (tertiary/aromatic N) is 1. The maximum absolute atomic E-state index is 12.5. The molecule has 0 aromatic carbocycles. The minimum atomic E-state index is -3.46. The first kappa shape index (κ1) is 16.7. The molecule has 1 atom stereocenters. The topological polar surface area (TPSA) is 85.4 Å². The maximum atomic E-state index is 12.5. The van der Waals surface area contributed by atoms with Gasteiger partial charge in [0.05, 0.1) is 24.6 Å². The first-order valence-electron chi connectivity index (χ1n) is 7.24. The molecule has 1 aromatic rings. The molecular weight excluding hydrogens is 304 g/mol. The minimum Gasteiger partial charge on any atom is -0.495 e. The number of rotatable bonds is 6. The number of methoxy groups -OCH3 is 1. The Morgan fingerprint density at radius 1 is 1.45 bits per heavy atom. The van der Waals surface area contributed by atoms with E-state index in [1.165, 1.54) is 21.0 Å². The van der Waals surface area contributed by atoms with Gasteiger partial charge in [-0.1, -0.05) is 0 Å². The Bertz CT molecular complexity index is 666. The van der Waals surface area contributed by atoms with E-state index in [2.05, 4.69) is 10.3 Å². The second-order valence-electron chi connectivity index (χ2n) is 6.07. The monoisotopic (exact) mass is 326 g/mol. The number of ether oxygens (including phenoxy) is 1. The van der Waals surface area contributed by atoms with Gasteiger partial charge in [0.2, 0.25) is 5.91 Å². The van der Waals surface area contributed by atoms with Gasteiger partial charge in [0, 0.05) is 11.8 Å². The van der Waals surface area contributed by atoms with Crippen LogP contribution in [0.15, 0.2) is 18.5 Å². The molecule has 1 amide bonds. The molecule has 1 fully saturated rings. The fourth-order valence-electron chi connectivity index (χ4n) is 2.29. The van der Waals surface area contributed by atoms with Crippen molar-refractivity contribution in [3.05, 3.63) is 24.0 Å². The molecule has 122 valence electrons. The van der Waals surface area contributed by atoms with Crippen LogP contribution in [0.1, 0.15) is 45.2 Å². The highest BCUT2D eigenvalue weighted by atomic mass is 32.2. The Balaban J connectivity index is 2.17. The molecule has 7 heteroatoms. The molecule has 1 saturated carbocycles. The number of carbonyl (C=O) groups excluding carboxylic acids is 1. The third-order valence-electron chi connectivity index (χ3n) is 4.07. The molecule has 1 unspecified atom stereocenters. The number of hydrogen-bond acceptors (Lipinski definition) is 5. The summed E-state index contributed by atoms with van der Waals surface area (Å²) in [6.07, 6.45) is 4.45. The average molecular weight is 326 g/mol. The summed E-state index contributed by atoms with van der Waals surface area (Å²) in [4.78, 5) is 16.4. The van der Waals surface area contributed by atoms with Crippen molar-refractivity contribution in [2.24, 2.45) is 0 Å². The molecule has 6 nitrogen and oxygen atoms in total. The number of nitrogens with one attached hydrogen (secondary N) is 1. The molecule has 1 heterocycles. The fraction of sp³-hybridized carbons (Fsp3) is 0.600. The minimum absolute atomic E-state index is 0.376. The molecule has 1 aliphatic rings. The van der Waals surface area contributed by atoms with Crippen LogP contribution in [0.2, 0.25) is 0 Å². The van der Waals surface area contributed by atoms with Crippen molar-refractivity contribution in [3.8, 4) is 5.75 Å². The first-order chi connectivity index (χ1) is 10.2. The Morgan fingerprint density at radius 2 is 2.09 bits per heavy atom. The van der Waals surface area contributed by atoms with Crippen LogP contribution in [0.25, 0.3) is 0 Å². The van der Waals surface area contributed by atoms with Crippen molar-refractivity contribution in [2.45, 2.75) is 49.7 Å². The van der Waals surface area contributed by atoms with Crippen molar-refractivity contribution in [1.82, 2.24) is 10.3 Å². The van der Waals surface area contributed by atoms with Gasteiger partial charge in [-0.15, -0.1) is 0 Å². The number of sulfone groups is 1. The lowest BCUT2D eigenvalue weighted by Crippen LogP contribution is -2.49. The van der Waals surface area contributed by atoms with Crippen molar-refractivity contribution >= 4 is 15.7 Å². The van der Waals surface area contributed by atoms with E-state index in [0.29, 0.717) is 18.6 Å². The zero-order valence-corrected chi connectivity index (χ0v) is 14.1. The van der Waals surface area contributed by atoms with Crippen LogP contribution in [-0.2, 0) is 14.6 Å². The average Bonchev–Trinajstić information content (AvgIpc) is 3.31. The maximum Gasteiger partial charge on any atom is 0.241 e. The number of hydrogen-bond donors (Lipinski definition) is 1. The van der Waals surface area contributed by atoms with Crippen molar-refractivity contribution in [2.75, 3.05) is 7.11 Å². The summed E-state index contributed by atoms with van der Waals surface area (Å²) < 4.78 is 28.6. The second kappa shape index (κ2) is 5.87. The van der Waals surface area contributed by atoms with E-state index < -0.39 is 20.5 Å². The third kappa shape index (κ3) is 2.95. The zero-order valence-electron chi connectivity index (χ0n) is 13.3. The van der Waals surface area contributed by atoms with Gasteiger partial charge in [0.1, 0.15) is 10.5 Å². The Morgan fingerprint density at radius 3 is 2.64 bits per heavy atom. The summed E-state index contributed by atoms with van der Waals surface area (Å²) in [5.41, 5.74) is 0.755. The van der Waals surface area contributed by atoms with Crippen LogP contribution in [0.3, 0.4) is 0 Å². The molecule has 0 saturated heterocycles. The molecule has 22 heavy (non-hydrogen) atoms. The van der Waals surface area contributed by atoms with Gasteiger partial charge in [-0.25, -0.2) is 8.42 Å². The van der Waals surface area contributed by atoms with E-state index in [1.807, 2.05) is 0 Å². The number of pyridine rings is 1. The molecule has 0 bridgehead atoms. The molecule has 1 aromatic heterocycles. The van der Waals surface area contributed by atoms with E-state index in [0.717, 1.165) is 5.56 Å². The van der Waals surface area contributed by atoms with Gasteiger partial charge in [-0.3, -0.25) is 9.78 Å². The van der Waals surface area contributed by atoms with E-state index in [9.17, 15) is 13.2 Å². The summed E-state index contributed by atoms with van der Waals surface area (Å²) in [5.74, 6) is 0.0592. The Hall–Kier alpha value is -1.63. The predicted molar refractivity (Wildman–Crippen MR) is 83.4 cm³/mol. The van der Waals surface area contributed by atoms with E-state index >= 15 is 0 Å². The van der Waals surface area contributed by atoms with Gasteiger partial charge in [-0.2, -0.15) is 0 Å². The highest BCUT2D eigenvalue weighted by Gasteiger charge is 2.50. The van der Waals surface area contributed by atoms with Crippen molar-refractivity contribution in [3.63, 3.8) is 0 Å². The second-order valence-corrected chi connectivity index (χ2v) is 8.84. The van der Waals surface area contributed by atoms with E-state index in [-0.39, 0.29) is 11.3 Å². The number of carbonyl (C=O) groups is 1. The molecule has 1 N–H and O–H groups in total. The lowest BCUT2D eigenvalue weighted by Gasteiger charge is -2.26. The van der Waals surface area contributed by atoms with Crippen LogP contribution < -0.4 is 10.1 Å². The molecule has 1 aliphatic carbocycles. The predicted octanol–water partition coefficient (Wildman–Crippen LogP) is 1.62. The van der Waals surface area contributed by atoms with Crippen LogP contribution in [-0.4, -0.2) is 36.4 Å². The Kier molecular flexibility index (Phi) is 4.47. The van der Waals surface area contributed by atoms with E-state index in [4.69, 9.17) is 4.74 Å². The van der Waals surface area contributed by atoms with Gasteiger partial charge in [0.25, 0.3) is 0 Å². The molecule has 0 aliphatic heterocycles. The van der Waals surface area contributed by atoms with Gasteiger partial charge in [0.15, 0.2) is 9.84 Å². The highest BCUT2D eigenvalue weighted by molar-refractivity contribution is 7.94. The quantitative estimate of drug-likeness (QED) is 0.858. The summed E-state index contributed by atoms with van der Waals surface area (Å²) in [7, 11) is -1.94. The largest absolute Gasteiger partial charge is 0.495 e. The summed E-state index contributed by atoms with van der Waals surface area (Å²) in [5, 5.41) is 2.40. The summed E-state index contributed by atoms with van der Waals surface area (Å²) >= 11 is 0. The Labute approximate surface area is 131 Å². The third-order valence-corrected chi connectivity index (χ3v) is 7.03. The fourth-order valence-corrected chi connectivity index (χ4v) is 4.20. The van der Waals surface area contributed by atoms with Crippen LogP contribution >= 0.6 is 0 Å². The molecule has 2 rings (SSSR count). The molecule has 0 spiro atoms. The SMILES string of the molecule is COc1cnccc1C(C)NC(=O)C(C)(C)S(=O)(=O)C1CC1. The highest BCUT2D eigenvalue weighted by Crippen LogP contribution is 2.36. The number of aromatic nitrogens is 1. The van der Waals surface area contributed by atoms with Crippen molar-refractivity contribution < 1.29 is 17.9 Å². The van der Waals surface area contributed by atoms with Crippen LogP contribution in [0.5, 0.6) is 5.75 Å². The van der Waals surface area contributed by atoms with Gasteiger partial charge in [-0.05, 0) is 39.7 Å². The molecular formula is C15H22N2O4S. The summed E-state index contributed by atoms with van der Waals surface area (Å²) in [6, 6.07) is 1.37.